The van der Waals surface area contributed by atoms with Crippen LogP contribution in [0.3, 0.4) is 0 Å². The van der Waals surface area contributed by atoms with Crippen LogP contribution in [0.15, 0.2) is 0 Å². The van der Waals surface area contributed by atoms with Gasteiger partial charge in [-0.2, -0.15) is 0 Å². The molecule has 4 nitrogen and oxygen atoms in total. The van der Waals surface area contributed by atoms with Crippen molar-refractivity contribution < 1.29 is 9.22 Å². The highest BCUT2D eigenvalue weighted by Gasteiger charge is 2.38. The van der Waals surface area contributed by atoms with Gasteiger partial charge in [0.2, 0.25) is 0 Å². The van der Waals surface area contributed by atoms with E-state index in [1.54, 1.807) is 7.11 Å². The van der Waals surface area contributed by atoms with Gasteiger partial charge in [0.1, 0.15) is 0 Å². The van der Waals surface area contributed by atoms with Crippen LogP contribution in [0, 0.1) is 0 Å². The molecule has 3 N–H and O–H groups in total. The molecular weight excluding hydrogens is 208 g/mol. The molecule has 0 heterocycles. The molecular formula is C10H24N2O2Si. The minimum Gasteiger partial charge on any atom is -0.412 e. The monoisotopic (exact) mass is 232 g/mol. The van der Waals surface area contributed by atoms with Crippen LogP contribution in [0.25, 0.3) is 0 Å². The molecule has 0 radical (unpaired) electrons. The summed E-state index contributed by atoms with van der Waals surface area (Å²) in [5, 5.41) is 3.35. The normalized spacial score (nSPS) is 17.1. The van der Waals surface area contributed by atoms with Gasteiger partial charge in [-0.1, -0.05) is 13.3 Å². The predicted octanol–water partition coefficient (Wildman–Crippen LogP) is 0.663. The highest BCUT2D eigenvalue weighted by atomic mass is 28.4. The predicted molar refractivity (Wildman–Crippen MR) is 65.3 cm³/mol. The fraction of sp³-hybridized carbons (Fsp3) is 0.900. The van der Waals surface area contributed by atoms with E-state index < -0.39 is 8.32 Å². The number of nitrogens with two attached hydrogens (primary N) is 1. The van der Waals surface area contributed by atoms with Gasteiger partial charge in [0.05, 0.1) is 6.04 Å². The Labute approximate surface area is 93.7 Å². The Kier molecular flexibility index (Phi) is 7.00. The third kappa shape index (κ3) is 4.42. The molecule has 0 aliphatic heterocycles. The van der Waals surface area contributed by atoms with Crippen LogP contribution in [0.4, 0.5) is 0 Å². The maximum atomic E-state index is 12.1. The van der Waals surface area contributed by atoms with Crippen molar-refractivity contribution in [1.82, 2.24) is 5.32 Å². The zero-order valence-electron chi connectivity index (χ0n) is 10.3. The molecule has 0 aliphatic rings. The molecule has 0 spiro atoms. The highest BCUT2D eigenvalue weighted by molar-refractivity contribution is 7.01. The second kappa shape index (κ2) is 7.11. The SMILES string of the molecule is CCC[Si](C)(OC)C(=O)[C@H](C)NCCN. The first kappa shape index (κ1) is 14.8. The van der Waals surface area contributed by atoms with Crippen molar-refractivity contribution in [3.05, 3.63) is 0 Å². The first-order chi connectivity index (χ1) is 7.01. The summed E-state index contributed by atoms with van der Waals surface area (Å²) < 4.78 is 5.46. The molecule has 0 aromatic heterocycles. The Bertz CT molecular complexity index is 202. The summed E-state index contributed by atoms with van der Waals surface area (Å²) in [5.74, 6) is 0. The molecule has 1 unspecified atom stereocenters. The van der Waals surface area contributed by atoms with Crippen molar-refractivity contribution in [1.29, 1.82) is 0 Å². The molecule has 0 saturated carbocycles. The summed E-state index contributed by atoms with van der Waals surface area (Å²) >= 11 is 0. The molecule has 0 aromatic carbocycles. The average Bonchev–Trinajstić information content (AvgIpc) is 2.24. The van der Waals surface area contributed by atoms with Crippen LogP contribution < -0.4 is 11.1 Å². The van der Waals surface area contributed by atoms with Gasteiger partial charge in [0.25, 0.3) is 8.32 Å². The van der Waals surface area contributed by atoms with Crippen LogP contribution in [0.5, 0.6) is 0 Å². The summed E-state index contributed by atoms with van der Waals surface area (Å²) in [5.41, 5.74) is 5.38. The summed E-state index contributed by atoms with van der Waals surface area (Å²) in [4.78, 5) is 12.1. The lowest BCUT2D eigenvalue weighted by molar-refractivity contribution is -0.115. The number of nitrogens with one attached hydrogen (secondary N) is 1. The van der Waals surface area contributed by atoms with Gasteiger partial charge in [0, 0.05) is 20.2 Å². The third-order valence-electron chi connectivity index (χ3n) is 2.69. The van der Waals surface area contributed by atoms with Gasteiger partial charge < -0.3 is 20.3 Å². The van der Waals surface area contributed by atoms with E-state index in [9.17, 15) is 4.79 Å². The van der Waals surface area contributed by atoms with Gasteiger partial charge in [0.15, 0.2) is 5.41 Å². The lowest BCUT2D eigenvalue weighted by Gasteiger charge is -2.26. The van der Waals surface area contributed by atoms with Crippen LogP contribution in [-0.2, 0) is 9.22 Å². The molecule has 0 saturated heterocycles. The zero-order chi connectivity index (χ0) is 11.9. The lowest BCUT2D eigenvalue weighted by Crippen LogP contribution is -2.53. The summed E-state index contributed by atoms with van der Waals surface area (Å²) in [6.07, 6.45) is 0.992. The van der Waals surface area contributed by atoms with Crippen LogP contribution in [0.2, 0.25) is 12.6 Å². The molecule has 0 amide bonds. The largest absolute Gasteiger partial charge is 0.412 e. The van der Waals surface area contributed by atoms with Crippen LogP contribution in [-0.4, -0.2) is 40.0 Å². The molecule has 2 atom stereocenters. The van der Waals surface area contributed by atoms with Gasteiger partial charge in [-0.05, 0) is 19.5 Å². The Morgan fingerprint density at radius 1 is 1.60 bits per heavy atom. The van der Waals surface area contributed by atoms with Crippen LogP contribution in [0.1, 0.15) is 20.3 Å². The third-order valence-corrected chi connectivity index (χ3v) is 6.52. The first-order valence-electron chi connectivity index (χ1n) is 5.54. The second-order valence-corrected chi connectivity index (χ2v) is 7.88. The minimum absolute atomic E-state index is 0.142. The molecule has 0 fully saturated rings. The number of carbonyl (C=O) groups excluding carboxylic acids is 1. The molecule has 0 rings (SSSR count). The Morgan fingerprint density at radius 2 is 2.20 bits per heavy atom. The Hall–Kier alpha value is -0.233. The van der Waals surface area contributed by atoms with E-state index >= 15 is 0 Å². The summed E-state index contributed by atoms with van der Waals surface area (Å²) in [6.45, 7) is 7.18. The van der Waals surface area contributed by atoms with Gasteiger partial charge in [-0.25, -0.2) is 0 Å². The van der Waals surface area contributed by atoms with Crippen molar-refractivity contribution in [3.8, 4) is 0 Å². The molecule has 0 bridgehead atoms. The van der Waals surface area contributed by atoms with Crippen molar-refractivity contribution >= 4 is 13.7 Å². The molecule has 15 heavy (non-hydrogen) atoms. The van der Waals surface area contributed by atoms with Crippen molar-refractivity contribution in [2.75, 3.05) is 20.2 Å². The van der Waals surface area contributed by atoms with E-state index in [2.05, 4.69) is 12.2 Å². The van der Waals surface area contributed by atoms with E-state index in [0.29, 0.717) is 13.1 Å². The standard InChI is InChI=1S/C10H24N2O2Si/c1-5-8-15(4,14-3)10(13)9(2)12-7-6-11/h9,12H,5-8,11H2,1-4H3/t9-,15?/m0/s1. The van der Waals surface area contributed by atoms with Crippen molar-refractivity contribution in [3.63, 3.8) is 0 Å². The fourth-order valence-corrected chi connectivity index (χ4v) is 4.28. The smallest absolute Gasteiger partial charge is 0.263 e. The number of carbonyl (C=O) groups is 1. The Morgan fingerprint density at radius 3 is 2.60 bits per heavy atom. The zero-order valence-corrected chi connectivity index (χ0v) is 11.3. The first-order valence-corrected chi connectivity index (χ1v) is 8.16. The highest BCUT2D eigenvalue weighted by Crippen LogP contribution is 2.15. The fourth-order valence-electron chi connectivity index (χ4n) is 1.65. The summed E-state index contributed by atoms with van der Waals surface area (Å²) in [7, 11) is -0.534. The molecule has 0 aromatic rings. The maximum Gasteiger partial charge on any atom is 0.263 e. The van der Waals surface area contributed by atoms with E-state index in [-0.39, 0.29) is 11.4 Å². The van der Waals surface area contributed by atoms with E-state index in [0.717, 1.165) is 12.5 Å². The van der Waals surface area contributed by atoms with E-state index in [4.69, 9.17) is 10.2 Å². The number of hydrogen-bond acceptors (Lipinski definition) is 4. The number of hydrogen-bond donors (Lipinski definition) is 2. The van der Waals surface area contributed by atoms with Crippen molar-refractivity contribution in [2.45, 2.75) is 38.9 Å². The Balaban J connectivity index is 4.36. The van der Waals surface area contributed by atoms with Gasteiger partial charge in [-0.15, -0.1) is 0 Å². The second-order valence-electron chi connectivity index (χ2n) is 4.01. The van der Waals surface area contributed by atoms with E-state index in [1.807, 2.05) is 13.5 Å². The minimum atomic E-state index is -2.18. The summed E-state index contributed by atoms with van der Waals surface area (Å²) in [6, 6.07) is 0.744. The van der Waals surface area contributed by atoms with Crippen LogP contribution >= 0.6 is 0 Å². The topological polar surface area (TPSA) is 64.3 Å². The molecule has 90 valence electrons. The number of rotatable bonds is 8. The molecule has 5 heteroatoms. The lowest BCUT2D eigenvalue weighted by atomic mass is 10.4. The average molecular weight is 232 g/mol. The van der Waals surface area contributed by atoms with Crippen molar-refractivity contribution in [2.24, 2.45) is 5.73 Å². The van der Waals surface area contributed by atoms with E-state index in [1.165, 1.54) is 0 Å². The van der Waals surface area contributed by atoms with Gasteiger partial charge >= 0.3 is 0 Å². The maximum absolute atomic E-state index is 12.1. The molecule has 0 aliphatic carbocycles. The quantitative estimate of drug-likeness (QED) is 0.604. The van der Waals surface area contributed by atoms with Gasteiger partial charge in [-0.3, -0.25) is 0 Å².